The minimum absolute atomic E-state index is 0.0841. The monoisotopic (exact) mass is 280 g/mol. The molecule has 0 spiro atoms. The Kier molecular flexibility index (Phi) is 5.11. The minimum Gasteiger partial charge on any atom is -0.341 e. The maximum Gasteiger partial charge on any atom is 0.239 e. The number of nitrogens with two attached hydrogens (primary N) is 1. The molecule has 20 heavy (non-hydrogen) atoms. The third kappa shape index (κ3) is 3.79. The summed E-state index contributed by atoms with van der Waals surface area (Å²) in [5.41, 5.74) is 5.93. The van der Waals surface area contributed by atoms with Gasteiger partial charge in [-0.2, -0.15) is 4.98 Å². The number of carbonyl (C=O) groups excluding carboxylic acids is 1. The van der Waals surface area contributed by atoms with Gasteiger partial charge in [-0.1, -0.05) is 18.5 Å². The van der Waals surface area contributed by atoms with Gasteiger partial charge in [0, 0.05) is 26.4 Å². The molecule has 0 aromatic carbocycles. The first kappa shape index (κ1) is 15.0. The van der Waals surface area contributed by atoms with Gasteiger partial charge in [0.25, 0.3) is 0 Å². The summed E-state index contributed by atoms with van der Waals surface area (Å²) in [6, 6.07) is -0.355. The minimum atomic E-state index is -0.355. The Labute approximate surface area is 119 Å². The average Bonchev–Trinajstić information content (AvgIpc) is 2.84. The van der Waals surface area contributed by atoms with Gasteiger partial charge in [-0.25, -0.2) is 0 Å². The molecule has 0 aliphatic carbocycles. The van der Waals surface area contributed by atoms with E-state index in [2.05, 4.69) is 10.1 Å². The average molecular weight is 280 g/mol. The van der Waals surface area contributed by atoms with Gasteiger partial charge in [-0.3, -0.25) is 4.79 Å². The summed E-state index contributed by atoms with van der Waals surface area (Å²) in [5, 5.41) is 3.93. The van der Waals surface area contributed by atoms with E-state index in [9.17, 15) is 4.79 Å². The highest BCUT2D eigenvalue weighted by Gasteiger charge is 2.27. The van der Waals surface area contributed by atoms with Gasteiger partial charge in [0.1, 0.15) is 0 Å². The van der Waals surface area contributed by atoms with Gasteiger partial charge in [-0.15, -0.1) is 0 Å². The Morgan fingerprint density at radius 1 is 1.60 bits per heavy atom. The standard InChI is InChI=1S/C14H24N4O2/c1-3-5-12(15)14(19)18-7-4-6-11(9-18)8-13-16-10(2)20-17-13/h11-12H,3-9,15H2,1-2H3. The lowest BCUT2D eigenvalue weighted by atomic mass is 9.94. The molecule has 1 amide bonds. The Hall–Kier alpha value is -1.43. The van der Waals surface area contributed by atoms with Crippen molar-refractivity contribution in [3.8, 4) is 0 Å². The van der Waals surface area contributed by atoms with Gasteiger partial charge < -0.3 is 15.2 Å². The molecule has 112 valence electrons. The lowest BCUT2D eigenvalue weighted by Gasteiger charge is -2.33. The fourth-order valence-electron chi connectivity index (χ4n) is 2.78. The molecule has 6 nitrogen and oxygen atoms in total. The van der Waals surface area contributed by atoms with Crippen LogP contribution < -0.4 is 5.73 Å². The first-order valence-corrected chi connectivity index (χ1v) is 7.43. The molecule has 0 saturated carbocycles. The van der Waals surface area contributed by atoms with Crippen LogP contribution in [0.5, 0.6) is 0 Å². The predicted octanol–water partition coefficient (Wildman–Crippen LogP) is 1.29. The number of aromatic nitrogens is 2. The van der Waals surface area contributed by atoms with E-state index in [1.165, 1.54) is 0 Å². The molecule has 1 aliphatic heterocycles. The number of hydrogen-bond acceptors (Lipinski definition) is 5. The van der Waals surface area contributed by atoms with Crippen molar-refractivity contribution < 1.29 is 9.32 Å². The highest BCUT2D eigenvalue weighted by molar-refractivity contribution is 5.81. The molecular weight excluding hydrogens is 256 g/mol. The van der Waals surface area contributed by atoms with Crippen molar-refractivity contribution in [1.82, 2.24) is 15.0 Å². The molecule has 1 saturated heterocycles. The molecule has 2 heterocycles. The second kappa shape index (κ2) is 6.83. The van der Waals surface area contributed by atoms with E-state index in [0.717, 1.165) is 51.0 Å². The molecule has 2 atom stereocenters. The highest BCUT2D eigenvalue weighted by Crippen LogP contribution is 2.20. The topological polar surface area (TPSA) is 85.3 Å². The van der Waals surface area contributed by atoms with Crippen LogP contribution in [-0.2, 0) is 11.2 Å². The number of carbonyl (C=O) groups is 1. The van der Waals surface area contributed by atoms with Crippen LogP contribution in [0.2, 0.25) is 0 Å². The molecule has 2 unspecified atom stereocenters. The fraction of sp³-hybridized carbons (Fsp3) is 0.786. The Bertz CT molecular complexity index is 446. The molecule has 1 aromatic heterocycles. The lowest BCUT2D eigenvalue weighted by Crippen LogP contribution is -2.48. The molecule has 2 N–H and O–H groups in total. The third-order valence-corrected chi connectivity index (χ3v) is 3.79. The second-order valence-electron chi connectivity index (χ2n) is 5.62. The molecule has 1 fully saturated rings. The van der Waals surface area contributed by atoms with Crippen molar-refractivity contribution in [1.29, 1.82) is 0 Å². The third-order valence-electron chi connectivity index (χ3n) is 3.79. The van der Waals surface area contributed by atoms with E-state index in [1.54, 1.807) is 6.92 Å². The smallest absolute Gasteiger partial charge is 0.239 e. The van der Waals surface area contributed by atoms with Crippen LogP contribution >= 0.6 is 0 Å². The maximum atomic E-state index is 12.2. The largest absolute Gasteiger partial charge is 0.341 e. The van der Waals surface area contributed by atoms with Crippen molar-refractivity contribution in [2.24, 2.45) is 11.7 Å². The molecule has 0 bridgehead atoms. The summed E-state index contributed by atoms with van der Waals surface area (Å²) in [6.45, 7) is 5.41. The van der Waals surface area contributed by atoms with Crippen molar-refractivity contribution in [3.63, 3.8) is 0 Å². The Morgan fingerprint density at radius 2 is 2.40 bits per heavy atom. The quantitative estimate of drug-likeness (QED) is 0.878. The summed E-state index contributed by atoms with van der Waals surface area (Å²) >= 11 is 0. The Morgan fingerprint density at radius 3 is 3.05 bits per heavy atom. The molecular formula is C14H24N4O2. The molecule has 1 aliphatic rings. The van der Waals surface area contributed by atoms with Gasteiger partial charge in [0.05, 0.1) is 6.04 Å². The number of aryl methyl sites for hydroxylation is 1. The fourth-order valence-corrected chi connectivity index (χ4v) is 2.78. The zero-order valence-corrected chi connectivity index (χ0v) is 12.3. The molecule has 2 rings (SSSR count). The van der Waals surface area contributed by atoms with Crippen molar-refractivity contribution in [3.05, 3.63) is 11.7 Å². The summed E-state index contributed by atoms with van der Waals surface area (Å²) < 4.78 is 4.99. The summed E-state index contributed by atoms with van der Waals surface area (Å²) in [7, 11) is 0. The number of piperidine rings is 1. The van der Waals surface area contributed by atoms with E-state index in [1.807, 2.05) is 11.8 Å². The molecule has 0 radical (unpaired) electrons. The van der Waals surface area contributed by atoms with Gasteiger partial charge in [0.2, 0.25) is 11.8 Å². The number of likely N-dealkylation sites (tertiary alicyclic amines) is 1. The van der Waals surface area contributed by atoms with Crippen LogP contribution in [-0.4, -0.2) is 40.1 Å². The van der Waals surface area contributed by atoms with Crippen LogP contribution in [0.25, 0.3) is 0 Å². The SMILES string of the molecule is CCCC(N)C(=O)N1CCCC(Cc2noc(C)n2)C1. The number of hydrogen-bond donors (Lipinski definition) is 1. The number of nitrogens with zero attached hydrogens (tertiary/aromatic N) is 3. The van der Waals surface area contributed by atoms with Crippen LogP contribution in [0.3, 0.4) is 0 Å². The predicted molar refractivity (Wildman–Crippen MR) is 74.9 cm³/mol. The van der Waals surface area contributed by atoms with Crippen LogP contribution in [0.15, 0.2) is 4.52 Å². The van der Waals surface area contributed by atoms with Gasteiger partial charge in [-0.05, 0) is 25.2 Å². The number of amides is 1. The van der Waals surface area contributed by atoms with E-state index < -0.39 is 0 Å². The number of rotatable bonds is 5. The zero-order chi connectivity index (χ0) is 14.5. The van der Waals surface area contributed by atoms with E-state index in [-0.39, 0.29) is 11.9 Å². The summed E-state index contributed by atoms with van der Waals surface area (Å²) in [5.74, 6) is 1.81. The zero-order valence-electron chi connectivity index (χ0n) is 12.3. The van der Waals surface area contributed by atoms with Crippen LogP contribution in [0, 0.1) is 12.8 Å². The maximum absolute atomic E-state index is 12.2. The van der Waals surface area contributed by atoms with E-state index in [4.69, 9.17) is 10.3 Å². The van der Waals surface area contributed by atoms with E-state index >= 15 is 0 Å². The van der Waals surface area contributed by atoms with Crippen molar-refractivity contribution in [2.45, 2.75) is 52.0 Å². The summed E-state index contributed by atoms with van der Waals surface area (Å²) in [6.07, 6.45) is 4.58. The summed E-state index contributed by atoms with van der Waals surface area (Å²) in [4.78, 5) is 18.4. The molecule has 6 heteroatoms. The highest BCUT2D eigenvalue weighted by atomic mass is 16.5. The first-order chi connectivity index (χ1) is 9.60. The Balaban J connectivity index is 1.89. The van der Waals surface area contributed by atoms with Crippen LogP contribution in [0.4, 0.5) is 0 Å². The van der Waals surface area contributed by atoms with Crippen molar-refractivity contribution in [2.75, 3.05) is 13.1 Å². The van der Waals surface area contributed by atoms with Crippen molar-refractivity contribution >= 4 is 5.91 Å². The first-order valence-electron chi connectivity index (χ1n) is 7.43. The molecule has 1 aromatic rings. The van der Waals surface area contributed by atoms with E-state index in [0.29, 0.717) is 11.8 Å². The van der Waals surface area contributed by atoms with Gasteiger partial charge in [0.15, 0.2) is 5.82 Å². The van der Waals surface area contributed by atoms with Crippen LogP contribution in [0.1, 0.15) is 44.3 Å². The normalized spacial score (nSPS) is 20.9. The second-order valence-corrected chi connectivity index (χ2v) is 5.62. The van der Waals surface area contributed by atoms with Gasteiger partial charge >= 0.3 is 0 Å². The lowest BCUT2D eigenvalue weighted by molar-refractivity contribution is -0.134.